The third-order valence-corrected chi connectivity index (χ3v) is 5.91. The largest absolute Gasteiger partial charge is 0.338 e. The van der Waals surface area contributed by atoms with E-state index in [1.807, 2.05) is 35.3 Å². The van der Waals surface area contributed by atoms with Crippen molar-refractivity contribution in [3.8, 4) is 16.9 Å². The Labute approximate surface area is 169 Å². The Bertz CT molecular complexity index is 1260. The number of aryl methyl sites for hydroxylation is 3. The zero-order valence-electron chi connectivity index (χ0n) is 17.2. The minimum Gasteiger partial charge on any atom is -0.338 e. The van der Waals surface area contributed by atoms with E-state index >= 15 is 0 Å². The van der Waals surface area contributed by atoms with Crippen molar-refractivity contribution >= 4 is 16.8 Å². The van der Waals surface area contributed by atoms with E-state index in [-0.39, 0.29) is 5.91 Å². The Hall–Kier alpha value is -3.35. The first-order valence-corrected chi connectivity index (χ1v) is 9.84. The van der Waals surface area contributed by atoms with Crippen LogP contribution in [0.2, 0.25) is 0 Å². The summed E-state index contributed by atoms with van der Waals surface area (Å²) >= 11 is 0. The highest BCUT2D eigenvalue weighted by atomic mass is 16.2. The molecule has 0 fully saturated rings. The van der Waals surface area contributed by atoms with Crippen molar-refractivity contribution in [3.63, 3.8) is 0 Å². The molecule has 0 spiro atoms. The van der Waals surface area contributed by atoms with E-state index in [0.717, 1.165) is 52.1 Å². The number of carbonyl (C=O) groups excluding carboxylic acids is 1. The van der Waals surface area contributed by atoms with E-state index < -0.39 is 0 Å². The van der Waals surface area contributed by atoms with Crippen molar-refractivity contribution in [2.24, 2.45) is 14.1 Å². The smallest absolute Gasteiger partial charge is 0.219 e. The number of nitrogens with zero attached hydrogens (tertiary/aromatic N) is 6. The molecule has 4 heterocycles. The number of rotatable bonds is 2. The van der Waals surface area contributed by atoms with Crippen LogP contribution in [0, 0.1) is 6.92 Å². The van der Waals surface area contributed by atoms with Gasteiger partial charge in [0.05, 0.1) is 17.8 Å². The topological polar surface area (TPSA) is 60.9 Å². The van der Waals surface area contributed by atoms with Crippen molar-refractivity contribution in [3.05, 3.63) is 53.6 Å². The number of hydrogen-bond acceptors (Lipinski definition) is 3. The summed E-state index contributed by atoms with van der Waals surface area (Å²) in [6.07, 6.45) is 4.96. The molecule has 7 heteroatoms. The fraction of sp³-hybridized carbons (Fsp3) is 0.318. The Morgan fingerprint density at radius 3 is 2.69 bits per heavy atom. The fourth-order valence-electron chi connectivity index (χ4n) is 4.41. The molecule has 0 bridgehead atoms. The van der Waals surface area contributed by atoms with Crippen LogP contribution in [0.5, 0.6) is 0 Å². The average molecular weight is 388 g/mol. The Kier molecular flexibility index (Phi) is 3.87. The molecule has 1 amide bonds. The van der Waals surface area contributed by atoms with Crippen molar-refractivity contribution in [1.29, 1.82) is 0 Å². The van der Waals surface area contributed by atoms with E-state index in [1.165, 1.54) is 5.69 Å². The maximum atomic E-state index is 11.9. The predicted molar refractivity (Wildman–Crippen MR) is 112 cm³/mol. The second-order valence-corrected chi connectivity index (χ2v) is 7.82. The summed E-state index contributed by atoms with van der Waals surface area (Å²) < 4.78 is 5.94. The summed E-state index contributed by atoms with van der Waals surface area (Å²) in [5, 5.41) is 10.4. The second-order valence-electron chi connectivity index (χ2n) is 7.82. The molecule has 29 heavy (non-hydrogen) atoms. The first-order valence-electron chi connectivity index (χ1n) is 9.84. The van der Waals surface area contributed by atoms with Gasteiger partial charge in [-0.15, -0.1) is 0 Å². The predicted octanol–water partition coefficient (Wildman–Crippen LogP) is 2.98. The summed E-state index contributed by atoms with van der Waals surface area (Å²) in [4.78, 5) is 13.8. The van der Waals surface area contributed by atoms with Crippen LogP contribution in [-0.4, -0.2) is 41.5 Å². The number of fused-ring (bicyclic) bond motifs is 2. The van der Waals surface area contributed by atoms with Gasteiger partial charge in [-0.1, -0.05) is 6.07 Å². The molecule has 0 atom stereocenters. The molecular weight excluding hydrogens is 364 g/mol. The third-order valence-electron chi connectivity index (χ3n) is 5.91. The average Bonchev–Trinajstić information content (AvgIpc) is 3.36. The summed E-state index contributed by atoms with van der Waals surface area (Å²) in [5.74, 6) is 1.02. The van der Waals surface area contributed by atoms with E-state index in [0.29, 0.717) is 6.54 Å². The number of amides is 1. The molecule has 0 unspecified atom stereocenters. The zero-order chi connectivity index (χ0) is 20.3. The van der Waals surface area contributed by atoms with E-state index in [1.54, 1.807) is 6.92 Å². The van der Waals surface area contributed by atoms with E-state index in [2.05, 4.69) is 46.3 Å². The molecule has 148 valence electrons. The first-order chi connectivity index (χ1) is 13.9. The third kappa shape index (κ3) is 2.76. The molecule has 4 aromatic rings. The Morgan fingerprint density at radius 2 is 1.97 bits per heavy atom. The number of aromatic nitrogens is 5. The summed E-state index contributed by atoms with van der Waals surface area (Å²) in [6, 6.07) is 8.61. The molecule has 0 saturated heterocycles. The minimum absolute atomic E-state index is 0.110. The lowest BCUT2D eigenvalue weighted by atomic mass is 10.0. The van der Waals surface area contributed by atoms with Gasteiger partial charge in [0.1, 0.15) is 0 Å². The van der Waals surface area contributed by atoms with Crippen molar-refractivity contribution in [1.82, 2.24) is 29.0 Å². The van der Waals surface area contributed by atoms with Crippen molar-refractivity contribution in [2.75, 3.05) is 6.54 Å². The van der Waals surface area contributed by atoms with Crippen LogP contribution in [-0.2, 0) is 31.9 Å². The van der Waals surface area contributed by atoms with Crippen LogP contribution >= 0.6 is 0 Å². The molecule has 0 aliphatic carbocycles. The van der Waals surface area contributed by atoms with Crippen molar-refractivity contribution in [2.45, 2.75) is 26.8 Å². The van der Waals surface area contributed by atoms with Crippen LogP contribution in [0.15, 0.2) is 36.7 Å². The lowest BCUT2D eigenvalue weighted by Gasteiger charge is -2.26. The quantitative estimate of drug-likeness (QED) is 0.530. The normalized spacial score (nSPS) is 13.9. The van der Waals surface area contributed by atoms with E-state index in [4.69, 9.17) is 5.10 Å². The summed E-state index contributed by atoms with van der Waals surface area (Å²) in [6.45, 7) is 5.03. The highest BCUT2D eigenvalue weighted by molar-refractivity contribution is 5.87. The van der Waals surface area contributed by atoms with Crippen LogP contribution in [0.1, 0.15) is 23.9 Å². The zero-order valence-corrected chi connectivity index (χ0v) is 17.2. The van der Waals surface area contributed by atoms with E-state index in [9.17, 15) is 4.79 Å². The monoisotopic (exact) mass is 388 g/mol. The molecule has 1 aliphatic heterocycles. The molecule has 0 N–H and O–H groups in total. The molecule has 0 radical (unpaired) electrons. The van der Waals surface area contributed by atoms with Gasteiger partial charge in [-0.05, 0) is 30.7 Å². The van der Waals surface area contributed by atoms with Crippen LogP contribution in [0.4, 0.5) is 0 Å². The number of carbonyl (C=O) groups is 1. The SMILES string of the molecule is CC(=O)N1CCc2c(c(-n3ccc4cc(-c5cn(C)nc5C)ccc43)nn2C)C1. The molecular formula is C22H24N6O. The lowest BCUT2D eigenvalue weighted by Crippen LogP contribution is -2.34. The lowest BCUT2D eigenvalue weighted by molar-refractivity contribution is -0.129. The molecule has 3 aromatic heterocycles. The van der Waals surface area contributed by atoms with Gasteiger partial charge in [-0.3, -0.25) is 18.7 Å². The van der Waals surface area contributed by atoms with Gasteiger partial charge in [0.25, 0.3) is 0 Å². The van der Waals surface area contributed by atoms with Gasteiger partial charge in [-0.25, -0.2) is 0 Å². The van der Waals surface area contributed by atoms with Gasteiger partial charge in [-0.2, -0.15) is 10.2 Å². The number of hydrogen-bond donors (Lipinski definition) is 0. The van der Waals surface area contributed by atoms with Crippen molar-refractivity contribution < 1.29 is 4.79 Å². The Morgan fingerprint density at radius 1 is 1.14 bits per heavy atom. The standard InChI is InChI=1S/C22H24N6O/c1-14-18(12-25(3)23-14)16-5-6-20-17(11-16)7-10-28(20)22-19-13-27(15(2)29)9-8-21(19)26(4)24-22/h5-7,10-12H,8-9,13H2,1-4H3. The highest BCUT2D eigenvalue weighted by Crippen LogP contribution is 2.31. The van der Waals surface area contributed by atoms with Gasteiger partial charge in [0.2, 0.25) is 5.91 Å². The fourth-order valence-corrected chi connectivity index (χ4v) is 4.41. The number of benzene rings is 1. The Balaban J connectivity index is 1.61. The minimum atomic E-state index is 0.110. The summed E-state index contributed by atoms with van der Waals surface area (Å²) in [5.41, 5.74) is 6.78. The van der Waals surface area contributed by atoms with Gasteiger partial charge in [0, 0.05) is 68.6 Å². The maximum Gasteiger partial charge on any atom is 0.219 e. The first kappa shape index (κ1) is 17.7. The van der Waals surface area contributed by atoms with Gasteiger partial charge < -0.3 is 4.90 Å². The van der Waals surface area contributed by atoms with Crippen LogP contribution in [0.25, 0.3) is 27.8 Å². The second kappa shape index (κ2) is 6.34. The summed E-state index contributed by atoms with van der Waals surface area (Å²) in [7, 11) is 3.93. The highest BCUT2D eigenvalue weighted by Gasteiger charge is 2.26. The van der Waals surface area contributed by atoms with Gasteiger partial charge in [0.15, 0.2) is 5.82 Å². The molecule has 1 aliphatic rings. The van der Waals surface area contributed by atoms with Crippen LogP contribution in [0.3, 0.4) is 0 Å². The molecule has 7 nitrogen and oxygen atoms in total. The van der Waals surface area contributed by atoms with Crippen LogP contribution < -0.4 is 0 Å². The maximum absolute atomic E-state index is 11.9. The van der Waals surface area contributed by atoms with Gasteiger partial charge >= 0.3 is 0 Å². The molecule has 0 saturated carbocycles. The molecule has 5 rings (SSSR count). The molecule has 1 aromatic carbocycles.